The first-order valence-electron chi connectivity index (χ1n) is 7.20. The molecule has 0 aliphatic carbocycles. The number of halogens is 1. The average Bonchev–Trinajstić information content (AvgIpc) is 2.88. The van der Waals surface area contributed by atoms with Crippen LogP contribution in [0, 0.1) is 6.92 Å². The second-order valence-electron chi connectivity index (χ2n) is 5.24. The zero-order valence-corrected chi connectivity index (χ0v) is 15.3. The van der Waals surface area contributed by atoms with Gasteiger partial charge in [0.2, 0.25) is 0 Å². The number of rotatable bonds is 7. The van der Waals surface area contributed by atoms with E-state index in [-0.39, 0.29) is 17.1 Å². The number of sulfonamides is 1. The molecule has 0 aliphatic rings. The zero-order chi connectivity index (χ0) is 17.0. The summed E-state index contributed by atoms with van der Waals surface area (Å²) in [5.41, 5.74) is 1.66. The van der Waals surface area contributed by atoms with Crippen molar-refractivity contribution in [1.29, 1.82) is 0 Å². The third kappa shape index (κ3) is 4.34. The summed E-state index contributed by atoms with van der Waals surface area (Å²) in [6, 6.07) is 4.76. The van der Waals surface area contributed by atoms with Gasteiger partial charge in [0.1, 0.15) is 5.78 Å². The van der Waals surface area contributed by atoms with E-state index in [1.54, 1.807) is 29.8 Å². The minimum Gasteiger partial charge on any atom is -0.299 e. The average molecular weight is 372 g/mol. The topological polar surface area (TPSA) is 63.2 Å². The third-order valence-corrected chi connectivity index (χ3v) is 6.12. The normalized spacial score (nSPS) is 11.4. The van der Waals surface area contributed by atoms with Gasteiger partial charge in [-0.1, -0.05) is 24.6 Å². The molecule has 0 amide bonds. The fourth-order valence-corrected chi connectivity index (χ4v) is 4.66. The van der Waals surface area contributed by atoms with E-state index in [0.29, 0.717) is 28.3 Å². The summed E-state index contributed by atoms with van der Waals surface area (Å²) in [7, 11) is -3.75. The van der Waals surface area contributed by atoms with E-state index in [1.807, 2.05) is 6.92 Å². The Balaban J connectivity index is 2.27. The summed E-state index contributed by atoms with van der Waals surface area (Å²) in [6.45, 7) is 3.60. The molecule has 0 saturated carbocycles. The summed E-state index contributed by atoms with van der Waals surface area (Å²) in [5, 5.41) is 3.90. The van der Waals surface area contributed by atoms with Crippen molar-refractivity contribution in [2.45, 2.75) is 38.0 Å². The van der Waals surface area contributed by atoms with Crippen molar-refractivity contribution in [3.63, 3.8) is 0 Å². The lowest BCUT2D eigenvalue weighted by molar-refractivity contribution is -0.118. The van der Waals surface area contributed by atoms with Gasteiger partial charge in [-0.25, -0.2) is 8.42 Å². The van der Waals surface area contributed by atoms with E-state index >= 15 is 0 Å². The van der Waals surface area contributed by atoms with Crippen LogP contribution in [0.2, 0.25) is 5.02 Å². The van der Waals surface area contributed by atoms with Crippen molar-refractivity contribution >= 4 is 44.4 Å². The Hall–Kier alpha value is -1.37. The molecule has 0 fully saturated rings. The number of benzene rings is 1. The van der Waals surface area contributed by atoms with Crippen LogP contribution >= 0.6 is 22.9 Å². The van der Waals surface area contributed by atoms with Crippen molar-refractivity contribution in [3.8, 4) is 0 Å². The number of hydrogen-bond acceptors (Lipinski definition) is 4. The van der Waals surface area contributed by atoms with Crippen LogP contribution in [0.3, 0.4) is 0 Å². The van der Waals surface area contributed by atoms with Crippen LogP contribution in [0.25, 0.3) is 0 Å². The summed E-state index contributed by atoms with van der Waals surface area (Å²) >= 11 is 7.37. The van der Waals surface area contributed by atoms with E-state index < -0.39 is 10.0 Å². The monoisotopic (exact) mass is 371 g/mol. The number of hydrogen-bond donors (Lipinski definition) is 1. The third-order valence-electron chi connectivity index (χ3n) is 3.41. The van der Waals surface area contributed by atoms with E-state index in [4.69, 9.17) is 11.6 Å². The van der Waals surface area contributed by atoms with Gasteiger partial charge in [0.05, 0.1) is 10.6 Å². The van der Waals surface area contributed by atoms with Crippen LogP contribution < -0.4 is 4.72 Å². The molecule has 0 unspecified atom stereocenters. The first-order valence-corrected chi connectivity index (χ1v) is 10.00. The van der Waals surface area contributed by atoms with Gasteiger partial charge in [0.25, 0.3) is 10.0 Å². The molecule has 124 valence electrons. The molecule has 2 aromatic rings. The number of thiophene rings is 1. The second-order valence-corrected chi connectivity index (χ2v) is 8.05. The molecule has 7 heteroatoms. The van der Waals surface area contributed by atoms with Gasteiger partial charge in [-0.2, -0.15) is 0 Å². The van der Waals surface area contributed by atoms with Crippen molar-refractivity contribution in [2.75, 3.05) is 4.72 Å². The lowest BCUT2D eigenvalue weighted by Gasteiger charge is -2.11. The van der Waals surface area contributed by atoms with E-state index in [0.717, 1.165) is 6.42 Å². The quantitative estimate of drug-likeness (QED) is 0.783. The molecule has 1 heterocycles. The molecule has 0 radical (unpaired) electrons. The Morgan fingerprint density at radius 1 is 1.30 bits per heavy atom. The molecular weight excluding hydrogens is 354 g/mol. The van der Waals surface area contributed by atoms with Crippen LogP contribution in [-0.2, 0) is 21.2 Å². The Morgan fingerprint density at radius 3 is 2.74 bits per heavy atom. The van der Waals surface area contributed by atoms with Gasteiger partial charge >= 0.3 is 0 Å². The molecule has 0 saturated heterocycles. The number of ketones is 1. The molecule has 4 nitrogen and oxygen atoms in total. The number of Topliss-reactive ketones (excluding diaryl/α,β-unsaturated/α-hetero) is 1. The maximum atomic E-state index is 12.6. The highest BCUT2D eigenvalue weighted by Crippen LogP contribution is 2.28. The Kier molecular flexibility index (Phi) is 5.84. The second kappa shape index (κ2) is 7.47. The van der Waals surface area contributed by atoms with Crippen LogP contribution in [0.15, 0.2) is 33.9 Å². The summed E-state index contributed by atoms with van der Waals surface area (Å²) in [6.07, 6.45) is 1.52. The van der Waals surface area contributed by atoms with Gasteiger partial charge < -0.3 is 0 Å². The first kappa shape index (κ1) is 18.0. The number of carbonyl (C=O) groups excluding carboxylic acids is 1. The Bertz CT molecular complexity index is 812. The van der Waals surface area contributed by atoms with Gasteiger partial charge in [0, 0.05) is 23.2 Å². The van der Waals surface area contributed by atoms with Gasteiger partial charge in [-0.05, 0) is 42.0 Å². The molecule has 1 aromatic heterocycles. The van der Waals surface area contributed by atoms with Crippen LogP contribution in [-0.4, -0.2) is 14.2 Å². The lowest BCUT2D eigenvalue weighted by Crippen LogP contribution is -2.15. The lowest BCUT2D eigenvalue weighted by atomic mass is 10.1. The molecule has 2 rings (SSSR count). The number of anilines is 1. The van der Waals surface area contributed by atoms with E-state index in [2.05, 4.69) is 4.72 Å². The Morgan fingerprint density at radius 2 is 2.04 bits per heavy atom. The standard InChI is InChI=1S/C16H18ClNO3S2/c1-3-5-13(19)8-12-9-22-10-15(12)18-23(20,21)16-7-4-6-14(17)11(16)2/h4,6-7,9-10,18H,3,5,8H2,1-2H3. The highest BCUT2D eigenvalue weighted by molar-refractivity contribution is 7.92. The highest BCUT2D eigenvalue weighted by Gasteiger charge is 2.20. The molecule has 0 atom stereocenters. The fourth-order valence-electron chi connectivity index (χ4n) is 2.21. The summed E-state index contributed by atoms with van der Waals surface area (Å²) < 4.78 is 27.7. The van der Waals surface area contributed by atoms with Crippen LogP contribution in [0.4, 0.5) is 5.69 Å². The van der Waals surface area contributed by atoms with Crippen LogP contribution in [0.5, 0.6) is 0 Å². The summed E-state index contributed by atoms with van der Waals surface area (Å²) in [5.74, 6) is 0.102. The molecular formula is C16H18ClNO3S2. The molecule has 0 bridgehead atoms. The van der Waals surface area contributed by atoms with Gasteiger partial charge in [0.15, 0.2) is 0 Å². The van der Waals surface area contributed by atoms with Crippen LogP contribution in [0.1, 0.15) is 30.9 Å². The number of nitrogens with one attached hydrogen (secondary N) is 1. The number of carbonyl (C=O) groups is 1. The van der Waals surface area contributed by atoms with E-state index in [1.165, 1.54) is 17.4 Å². The molecule has 0 spiro atoms. The van der Waals surface area contributed by atoms with Crippen molar-refractivity contribution in [1.82, 2.24) is 0 Å². The first-order chi connectivity index (χ1) is 10.8. The largest absolute Gasteiger partial charge is 0.299 e. The highest BCUT2D eigenvalue weighted by atomic mass is 35.5. The van der Waals surface area contributed by atoms with Crippen molar-refractivity contribution in [3.05, 3.63) is 45.1 Å². The fraction of sp³-hybridized carbons (Fsp3) is 0.312. The molecule has 1 aromatic carbocycles. The molecule has 1 N–H and O–H groups in total. The maximum Gasteiger partial charge on any atom is 0.262 e. The zero-order valence-electron chi connectivity index (χ0n) is 12.9. The molecule has 23 heavy (non-hydrogen) atoms. The predicted molar refractivity (Wildman–Crippen MR) is 94.9 cm³/mol. The SMILES string of the molecule is CCCC(=O)Cc1cscc1NS(=O)(=O)c1cccc(Cl)c1C. The smallest absolute Gasteiger partial charge is 0.262 e. The molecule has 0 aliphatic heterocycles. The van der Waals surface area contributed by atoms with Gasteiger partial charge in [-0.3, -0.25) is 9.52 Å². The maximum absolute atomic E-state index is 12.6. The minimum absolute atomic E-state index is 0.102. The van der Waals surface area contributed by atoms with E-state index in [9.17, 15) is 13.2 Å². The van der Waals surface area contributed by atoms with Crippen molar-refractivity contribution < 1.29 is 13.2 Å². The Labute approximate surface area is 145 Å². The summed E-state index contributed by atoms with van der Waals surface area (Å²) in [4.78, 5) is 11.9. The predicted octanol–water partition coefficient (Wildman–Crippen LogP) is 4.42. The van der Waals surface area contributed by atoms with Gasteiger partial charge in [-0.15, -0.1) is 11.3 Å². The van der Waals surface area contributed by atoms with Crippen molar-refractivity contribution in [2.24, 2.45) is 0 Å². The minimum atomic E-state index is -3.75.